The first-order chi connectivity index (χ1) is 19.3. The topological polar surface area (TPSA) is 87.8 Å². The predicted octanol–water partition coefficient (Wildman–Crippen LogP) is 6.30. The number of hydrogen-bond acceptors (Lipinski definition) is 5. The van der Waals surface area contributed by atoms with E-state index in [1.807, 2.05) is 20.8 Å². The molecule has 0 aliphatic carbocycles. The van der Waals surface area contributed by atoms with E-state index in [2.05, 4.69) is 14.7 Å². The van der Waals surface area contributed by atoms with Crippen LogP contribution in [0.1, 0.15) is 73.1 Å². The molecule has 0 spiro atoms. The molecule has 5 rings (SSSR count). The molecule has 1 N–H and O–H groups in total. The number of amides is 2. The van der Waals surface area contributed by atoms with Crippen LogP contribution < -0.4 is 4.74 Å². The highest BCUT2D eigenvalue weighted by molar-refractivity contribution is 5.94. The van der Waals surface area contributed by atoms with Gasteiger partial charge in [-0.1, -0.05) is 0 Å². The molecule has 0 radical (unpaired) electrons. The molecule has 2 aliphatic heterocycles. The number of piperidine rings is 1. The maximum Gasteiger partial charge on any atom is 0.573 e. The summed E-state index contributed by atoms with van der Waals surface area (Å²) in [4.78, 5) is 36.8. The minimum absolute atomic E-state index is 0.190. The summed E-state index contributed by atoms with van der Waals surface area (Å²) >= 11 is 0. The molecule has 2 aromatic heterocycles. The number of H-pyrrole nitrogens is 1. The maximum atomic E-state index is 15.5. The number of alkyl halides is 3. The van der Waals surface area contributed by atoms with Gasteiger partial charge in [-0.25, -0.2) is 14.2 Å². The highest BCUT2D eigenvalue weighted by atomic mass is 19.4. The van der Waals surface area contributed by atoms with Gasteiger partial charge in [-0.05, 0) is 76.6 Å². The number of pyridine rings is 1. The number of ether oxygens (including phenoxy) is 2. The highest BCUT2D eigenvalue weighted by Crippen LogP contribution is 2.39. The molecule has 4 heterocycles. The Balaban J connectivity index is 1.35. The standard InChI is InChI=1S/C29H32F4N4O4/c1-28(2,3)41-27(39)37-12-4-5-22-20(16-37)24-23(21(30)15-34-25(24)35-22)17-10-13-36(14-11-17)26(38)18-6-8-19(9-7-18)40-29(31,32)33/h6-9,15,17H,4-5,10-14,16H2,1-3H3,(H,34,35). The fourth-order valence-electron chi connectivity index (χ4n) is 5.61. The summed E-state index contributed by atoms with van der Waals surface area (Å²) in [6.45, 7) is 6.92. The average molecular weight is 577 g/mol. The molecule has 12 heteroatoms. The molecule has 41 heavy (non-hydrogen) atoms. The van der Waals surface area contributed by atoms with Crippen LogP contribution in [0.15, 0.2) is 30.5 Å². The van der Waals surface area contributed by atoms with Crippen molar-refractivity contribution in [1.82, 2.24) is 19.8 Å². The van der Waals surface area contributed by atoms with Gasteiger partial charge >= 0.3 is 12.5 Å². The second-order valence-corrected chi connectivity index (χ2v) is 11.5. The highest BCUT2D eigenvalue weighted by Gasteiger charge is 2.33. The average Bonchev–Trinajstić information content (AvgIpc) is 3.09. The Hall–Kier alpha value is -3.83. The van der Waals surface area contributed by atoms with Crippen molar-refractivity contribution in [3.63, 3.8) is 0 Å². The van der Waals surface area contributed by atoms with E-state index in [1.54, 1.807) is 9.80 Å². The third kappa shape index (κ3) is 6.41. The number of rotatable bonds is 3. The van der Waals surface area contributed by atoms with Gasteiger partial charge in [-0.3, -0.25) is 4.79 Å². The van der Waals surface area contributed by atoms with Crippen LogP contribution >= 0.6 is 0 Å². The number of fused-ring (bicyclic) bond motifs is 3. The van der Waals surface area contributed by atoms with Crippen molar-refractivity contribution in [2.75, 3.05) is 19.6 Å². The van der Waals surface area contributed by atoms with Crippen molar-refractivity contribution >= 4 is 23.0 Å². The molecule has 2 amide bonds. The number of carbonyl (C=O) groups excluding carboxylic acids is 2. The van der Waals surface area contributed by atoms with Gasteiger partial charge in [0.25, 0.3) is 5.91 Å². The molecule has 2 aliphatic rings. The molecule has 8 nitrogen and oxygen atoms in total. The van der Waals surface area contributed by atoms with E-state index < -0.39 is 29.6 Å². The fraction of sp³-hybridized carbons (Fsp3) is 0.483. The van der Waals surface area contributed by atoms with Crippen LogP contribution in [0, 0.1) is 5.82 Å². The minimum Gasteiger partial charge on any atom is -0.444 e. The molecular formula is C29H32F4N4O4. The van der Waals surface area contributed by atoms with Crippen molar-refractivity contribution in [3.05, 3.63) is 58.7 Å². The second kappa shape index (κ2) is 10.9. The monoisotopic (exact) mass is 576 g/mol. The summed E-state index contributed by atoms with van der Waals surface area (Å²) in [5, 5.41) is 0.681. The van der Waals surface area contributed by atoms with E-state index in [9.17, 15) is 22.8 Å². The lowest BCUT2D eigenvalue weighted by atomic mass is 9.86. The molecular weight excluding hydrogens is 544 g/mol. The summed E-state index contributed by atoms with van der Waals surface area (Å²) in [5.41, 5.74) is 2.46. The molecule has 220 valence electrons. The number of nitrogens with zero attached hydrogens (tertiary/aromatic N) is 3. The first-order valence-corrected chi connectivity index (χ1v) is 13.6. The molecule has 0 saturated carbocycles. The van der Waals surface area contributed by atoms with Gasteiger partial charge < -0.3 is 24.3 Å². The van der Waals surface area contributed by atoms with Gasteiger partial charge in [0, 0.05) is 47.4 Å². The molecule has 3 aromatic rings. The Labute approximate surface area is 234 Å². The van der Waals surface area contributed by atoms with Crippen molar-refractivity contribution in [1.29, 1.82) is 0 Å². The third-order valence-corrected chi connectivity index (χ3v) is 7.39. The minimum atomic E-state index is -4.81. The van der Waals surface area contributed by atoms with Crippen molar-refractivity contribution < 1.29 is 36.6 Å². The van der Waals surface area contributed by atoms with Crippen LogP contribution in [0.3, 0.4) is 0 Å². The smallest absolute Gasteiger partial charge is 0.444 e. The predicted molar refractivity (Wildman–Crippen MR) is 142 cm³/mol. The lowest BCUT2D eigenvalue weighted by Gasteiger charge is -2.33. The largest absolute Gasteiger partial charge is 0.573 e. The normalized spacial score (nSPS) is 16.9. The Morgan fingerprint density at radius 1 is 1.02 bits per heavy atom. The van der Waals surface area contributed by atoms with Crippen LogP contribution in [0.5, 0.6) is 5.75 Å². The summed E-state index contributed by atoms with van der Waals surface area (Å²) in [7, 11) is 0. The molecule has 0 unspecified atom stereocenters. The van der Waals surface area contributed by atoms with Crippen molar-refractivity contribution in [2.45, 2.75) is 70.9 Å². The Bertz CT molecular complexity index is 1440. The molecule has 0 bridgehead atoms. The van der Waals surface area contributed by atoms with E-state index >= 15 is 4.39 Å². The third-order valence-electron chi connectivity index (χ3n) is 7.39. The van der Waals surface area contributed by atoms with Gasteiger partial charge in [0.15, 0.2) is 0 Å². The van der Waals surface area contributed by atoms with Gasteiger partial charge in [0.05, 0.1) is 12.7 Å². The SMILES string of the molecule is CC(C)(C)OC(=O)N1CCCc2[nH]c3ncc(F)c(C4CCN(C(=O)c5ccc(OC(F)(F)F)cc5)CC4)c3c2C1. The molecule has 0 atom stereocenters. The van der Waals surface area contributed by atoms with Crippen LogP contribution in [0.2, 0.25) is 0 Å². The number of carbonyl (C=O) groups is 2. The van der Waals surface area contributed by atoms with Crippen LogP contribution in [-0.4, -0.2) is 63.4 Å². The van der Waals surface area contributed by atoms with Gasteiger partial charge in [-0.15, -0.1) is 13.2 Å². The van der Waals surface area contributed by atoms with Crippen molar-refractivity contribution in [2.24, 2.45) is 0 Å². The summed E-state index contributed by atoms with van der Waals surface area (Å²) in [6.07, 6.45) is -1.63. The summed E-state index contributed by atoms with van der Waals surface area (Å²) in [5.74, 6) is -1.34. The fourth-order valence-corrected chi connectivity index (χ4v) is 5.61. The second-order valence-electron chi connectivity index (χ2n) is 11.5. The number of aromatic nitrogens is 2. The first kappa shape index (κ1) is 28.7. The Morgan fingerprint density at radius 2 is 1.71 bits per heavy atom. The first-order valence-electron chi connectivity index (χ1n) is 13.6. The number of aromatic amines is 1. The summed E-state index contributed by atoms with van der Waals surface area (Å²) in [6, 6.07) is 4.81. The number of likely N-dealkylation sites (tertiary alicyclic amines) is 1. The lowest BCUT2D eigenvalue weighted by molar-refractivity contribution is -0.274. The number of hydrogen-bond donors (Lipinski definition) is 1. The van der Waals surface area contributed by atoms with Gasteiger partial charge in [-0.2, -0.15) is 0 Å². The Morgan fingerprint density at radius 3 is 2.34 bits per heavy atom. The number of aryl methyl sites for hydroxylation is 1. The van der Waals surface area contributed by atoms with Crippen LogP contribution in [0.25, 0.3) is 11.0 Å². The van der Waals surface area contributed by atoms with Crippen LogP contribution in [-0.2, 0) is 17.7 Å². The van der Waals surface area contributed by atoms with Crippen molar-refractivity contribution in [3.8, 4) is 5.75 Å². The van der Waals surface area contributed by atoms with E-state index in [1.165, 1.54) is 18.3 Å². The Kier molecular flexibility index (Phi) is 7.60. The summed E-state index contributed by atoms with van der Waals surface area (Å²) < 4.78 is 62.3. The lowest BCUT2D eigenvalue weighted by Crippen LogP contribution is -2.38. The number of benzene rings is 1. The molecule has 1 aromatic carbocycles. The van der Waals surface area contributed by atoms with E-state index in [0.29, 0.717) is 55.5 Å². The number of nitrogens with one attached hydrogen (secondary N) is 1. The zero-order valence-electron chi connectivity index (χ0n) is 23.1. The zero-order valence-corrected chi connectivity index (χ0v) is 23.1. The van der Waals surface area contributed by atoms with Gasteiger partial charge in [0.2, 0.25) is 0 Å². The maximum absolute atomic E-state index is 15.5. The van der Waals surface area contributed by atoms with Crippen LogP contribution in [0.4, 0.5) is 22.4 Å². The number of halogens is 4. The van der Waals surface area contributed by atoms with E-state index in [4.69, 9.17) is 4.74 Å². The quantitative estimate of drug-likeness (QED) is 0.370. The zero-order chi connectivity index (χ0) is 29.5. The van der Waals surface area contributed by atoms with E-state index in [-0.39, 0.29) is 23.9 Å². The van der Waals surface area contributed by atoms with E-state index in [0.717, 1.165) is 29.8 Å². The van der Waals surface area contributed by atoms with Gasteiger partial charge in [0.1, 0.15) is 22.8 Å². The molecule has 1 saturated heterocycles. The molecule has 1 fully saturated rings.